The smallest absolute Gasteiger partial charge is 0.316 e. The summed E-state index contributed by atoms with van der Waals surface area (Å²) < 4.78 is 0. The van der Waals surface area contributed by atoms with E-state index < -0.39 is 11.6 Å². The lowest BCUT2D eigenvalue weighted by Crippen LogP contribution is -2.39. The van der Waals surface area contributed by atoms with Gasteiger partial charge in [-0.2, -0.15) is 0 Å². The first-order valence-electron chi connectivity index (χ1n) is 5.44. The zero-order valence-electron chi connectivity index (χ0n) is 10.3. The van der Waals surface area contributed by atoms with E-state index in [0.717, 1.165) is 5.69 Å². The molecular formula is C12H19N3O2. The van der Waals surface area contributed by atoms with Crippen LogP contribution in [-0.4, -0.2) is 22.8 Å². The quantitative estimate of drug-likeness (QED) is 0.643. The number of amides is 2. The van der Waals surface area contributed by atoms with Crippen LogP contribution in [0.3, 0.4) is 0 Å². The highest BCUT2D eigenvalue weighted by atomic mass is 16.3. The molecule has 0 radical (unpaired) electrons. The highest BCUT2D eigenvalue weighted by Gasteiger charge is 2.21. The largest absolute Gasteiger partial charge is 0.388 e. The summed E-state index contributed by atoms with van der Waals surface area (Å²) in [4.78, 5) is 10.6. The Hall–Kier alpha value is -1.75. The van der Waals surface area contributed by atoms with Crippen LogP contribution in [0.15, 0.2) is 24.3 Å². The molecule has 5 nitrogen and oxygen atoms in total. The second-order valence-electron chi connectivity index (χ2n) is 4.59. The summed E-state index contributed by atoms with van der Waals surface area (Å²) in [7, 11) is 0. The summed E-state index contributed by atoms with van der Waals surface area (Å²) in [6.07, 6.45) is 0. The third-order valence-electron chi connectivity index (χ3n) is 2.60. The second kappa shape index (κ2) is 5.05. The van der Waals surface area contributed by atoms with E-state index in [0.29, 0.717) is 5.69 Å². The Morgan fingerprint density at radius 3 is 2.18 bits per heavy atom. The zero-order chi connectivity index (χ0) is 13.1. The van der Waals surface area contributed by atoms with E-state index in [1.165, 1.54) is 0 Å². The summed E-state index contributed by atoms with van der Waals surface area (Å²) in [5, 5.41) is 15.4. The number of nitrogens with two attached hydrogens (primary N) is 1. The van der Waals surface area contributed by atoms with Gasteiger partial charge in [-0.3, -0.25) is 0 Å². The zero-order valence-corrected chi connectivity index (χ0v) is 10.3. The van der Waals surface area contributed by atoms with E-state index in [2.05, 4.69) is 10.6 Å². The van der Waals surface area contributed by atoms with E-state index >= 15 is 0 Å². The maximum atomic E-state index is 10.6. The molecular weight excluding hydrogens is 218 g/mol. The average molecular weight is 237 g/mol. The molecule has 0 fully saturated rings. The number of hydrogen-bond acceptors (Lipinski definition) is 3. The molecule has 0 saturated heterocycles. The Bertz CT molecular complexity index is 382. The molecule has 0 saturated carbocycles. The van der Waals surface area contributed by atoms with Crippen molar-refractivity contribution in [1.82, 2.24) is 0 Å². The van der Waals surface area contributed by atoms with Crippen LogP contribution in [0.25, 0.3) is 0 Å². The third kappa shape index (κ3) is 4.32. The summed E-state index contributed by atoms with van der Waals surface area (Å²) in [6.45, 7) is 5.39. The predicted octanol–water partition coefficient (Wildman–Crippen LogP) is 1.75. The van der Waals surface area contributed by atoms with Crippen molar-refractivity contribution in [2.75, 3.05) is 10.6 Å². The van der Waals surface area contributed by atoms with Crippen molar-refractivity contribution in [2.24, 2.45) is 5.73 Å². The summed E-state index contributed by atoms with van der Waals surface area (Å²) >= 11 is 0. The molecule has 0 aliphatic heterocycles. The average Bonchev–Trinajstić information content (AvgIpc) is 2.18. The predicted molar refractivity (Wildman–Crippen MR) is 69.0 cm³/mol. The molecule has 1 aromatic rings. The normalized spacial score (nSPS) is 12.9. The lowest BCUT2D eigenvalue weighted by molar-refractivity contribution is 0.0649. The monoisotopic (exact) mass is 237 g/mol. The number of anilines is 2. The number of benzene rings is 1. The molecule has 1 aromatic carbocycles. The molecule has 17 heavy (non-hydrogen) atoms. The van der Waals surface area contributed by atoms with Gasteiger partial charge in [-0.15, -0.1) is 0 Å². The summed E-state index contributed by atoms with van der Waals surface area (Å²) in [5.41, 5.74) is 5.71. The highest BCUT2D eigenvalue weighted by molar-refractivity contribution is 5.87. The van der Waals surface area contributed by atoms with Gasteiger partial charge in [-0.1, -0.05) is 0 Å². The second-order valence-corrected chi connectivity index (χ2v) is 4.59. The van der Waals surface area contributed by atoms with Gasteiger partial charge in [0, 0.05) is 11.4 Å². The molecule has 0 spiro atoms. The lowest BCUT2D eigenvalue weighted by atomic mass is 10.0. The Labute approximate surface area is 101 Å². The van der Waals surface area contributed by atoms with Gasteiger partial charge in [-0.05, 0) is 45.0 Å². The van der Waals surface area contributed by atoms with Gasteiger partial charge in [0.2, 0.25) is 0 Å². The Balaban J connectivity index is 2.65. The van der Waals surface area contributed by atoms with E-state index in [-0.39, 0.29) is 6.04 Å². The Morgan fingerprint density at radius 1 is 1.29 bits per heavy atom. The first-order chi connectivity index (χ1) is 7.79. The molecule has 2 amide bonds. The Morgan fingerprint density at radius 2 is 1.76 bits per heavy atom. The van der Waals surface area contributed by atoms with Crippen LogP contribution in [0.4, 0.5) is 16.2 Å². The van der Waals surface area contributed by atoms with Crippen molar-refractivity contribution >= 4 is 17.4 Å². The fourth-order valence-corrected chi connectivity index (χ4v) is 1.22. The molecule has 1 atom stereocenters. The molecule has 0 heterocycles. The van der Waals surface area contributed by atoms with Gasteiger partial charge in [-0.25, -0.2) is 4.79 Å². The van der Waals surface area contributed by atoms with E-state index in [1.54, 1.807) is 26.0 Å². The number of carbonyl (C=O) groups excluding carboxylic acids is 1. The maximum Gasteiger partial charge on any atom is 0.316 e. The first-order valence-corrected chi connectivity index (χ1v) is 5.44. The number of primary amides is 1. The van der Waals surface area contributed by atoms with Crippen molar-refractivity contribution in [3.63, 3.8) is 0 Å². The van der Waals surface area contributed by atoms with Crippen molar-refractivity contribution < 1.29 is 9.90 Å². The number of urea groups is 1. The van der Waals surface area contributed by atoms with E-state index in [4.69, 9.17) is 5.73 Å². The topological polar surface area (TPSA) is 87.4 Å². The molecule has 5 N–H and O–H groups in total. The van der Waals surface area contributed by atoms with Crippen molar-refractivity contribution in [3.8, 4) is 0 Å². The van der Waals surface area contributed by atoms with Gasteiger partial charge >= 0.3 is 6.03 Å². The molecule has 94 valence electrons. The van der Waals surface area contributed by atoms with Crippen LogP contribution in [0.1, 0.15) is 20.8 Å². The van der Waals surface area contributed by atoms with Gasteiger partial charge in [0.1, 0.15) is 0 Å². The molecule has 0 aromatic heterocycles. The van der Waals surface area contributed by atoms with Crippen LogP contribution in [-0.2, 0) is 0 Å². The standard InChI is InChI=1S/C12H19N3O2/c1-8(12(2,3)17)14-9-4-6-10(7-5-9)15-11(13)16/h4-8,14,17H,1-3H3,(H3,13,15,16). The lowest BCUT2D eigenvalue weighted by Gasteiger charge is -2.27. The molecule has 5 heteroatoms. The van der Waals surface area contributed by atoms with Gasteiger partial charge in [0.15, 0.2) is 0 Å². The van der Waals surface area contributed by atoms with Crippen LogP contribution in [0.2, 0.25) is 0 Å². The van der Waals surface area contributed by atoms with Crippen LogP contribution >= 0.6 is 0 Å². The minimum absolute atomic E-state index is 0.0857. The highest BCUT2D eigenvalue weighted by Crippen LogP contribution is 2.17. The van der Waals surface area contributed by atoms with Crippen LogP contribution < -0.4 is 16.4 Å². The number of hydrogen-bond donors (Lipinski definition) is 4. The van der Waals surface area contributed by atoms with Gasteiger partial charge in [0.25, 0.3) is 0 Å². The van der Waals surface area contributed by atoms with Crippen molar-refractivity contribution in [3.05, 3.63) is 24.3 Å². The molecule has 0 aliphatic rings. The van der Waals surface area contributed by atoms with Gasteiger partial charge in [0.05, 0.1) is 11.6 Å². The molecule has 0 aliphatic carbocycles. The Kier molecular flexibility index (Phi) is 3.96. The fraction of sp³-hybridized carbons (Fsp3) is 0.417. The third-order valence-corrected chi connectivity index (χ3v) is 2.60. The SMILES string of the molecule is CC(Nc1ccc(NC(N)=O)cc1)C(C)(C)O. The molecule has 1 rings (SSSR count). The number of carbonyl (C=O) groups is 1. The molecule has 1 unspecified atom stereocenters. The number of aliphatic hydroxyl groups is 1. The summed E-state index contributed by atoms with van der Waals surface area (Å²) in [6, 6.07) is 6.43. The van der Waals surface area contributed by atoms with Crippen molar-refractivity contribution in [2.45, 2.75) is 32.4 Å². The first kappa shape index (κ1) is 13.3. The van der Waals surface area contributed by atoms with Gasteiger partial charge < -0.3 is 21.5 Å². The van der Waals surface area contributed by atoms with Crippen molar-refractivity contribution in [1.29, 1.82) is 0 Å². The minimum Gasteiger partial charge on any atom is -0.388 e. The van der Waals surface area contributed by atoms with Crippen LogP contribution in [0.5, 0.6) is 0 Å². The van der Waals surface area contributed by atoms with E-state index in [9.17, 15) is 9.90 Å². The molecule has 0 bridgehead atoms. The fourth-order valence-electron chi connectivity index (χ4n) is 1.22. The maximum absolute atomic E-state index is 10.6. The number of nitrogens with one attached hydrogen (secondary N) is 2. The summed E-state index contributed by atoms with van der Waals surface area (Å²) in [5.74, 6) is 0. The minimum atomic E-state index is -0.801. The van der Waals surface area contributed by atoms with E-state index in [1.807, 2.05) is 19.1 Å². The number of rotatable bonds is 4. The van der Waals surface area contributed by atoms with Crippen LogP contribution in [0, 0.1) is 0 Å².